The second kappa shape index (κ2) is 2.86. The van der Waals surface area contributed by atoms with Crippen LogP contribution in [0.2, 0.25) is 0 Å². The highest BCUT2D eigenvalue weighted by Crippen LogP contribution is 2.27. The van der Waals surface area contributed by atoms with Crippen molar-refractivity contribution in [2.45, 2.75) is 12.8 Å². The Hall–Kier alpha value is 0.680. The fourth-order valence-corrected chi connectivity index (χ4v) is 1.79. The standard InChI is InChI=1S/C4H9ClNP/c5-7-6-3-1-2-4-6/h7H,1-4H2. The van der Waals surface area contributed by atoms with Crippen LogP contribution in [0.5, 0.6) is 0 Å². The average Bonchev–Trinajstić information content (AvgIpc) is 2.14. The minimum Gasteiger partial charge on any atom is -0.272 e. The van der Waals surface area contributed by atoms with Crippen LogP contribution in [0.3, 0.4) is 0 Å². The number of hydrogen-bond donors (Lipinski definition) is 0. The van der Waals surface area contributed by atoms with Crippen molar-refractivity contribution in [2.75, 3.05) is 13.1 Å². The van der Waals surface area contributed by atoms with Crippen LogP contribution in [0.4, 0.5) is 0 Å². The molecule has 0 saturated carbocycles. The first-order valence-corrected chi connectivity index (χ1v) is 4.50. The van der Waals surface area contributed by atoms with Gasteiger partial charge in [0.05, 0.1) is 0 Å². The maximum Gasteiger partial charge on any atom is 0.0478 e. The van der Waals surface area contributed by atoms with Gasteiger partial charge in [-0.25, -0.2) is 0 Å². The van der Waals surface area contributed by atoms with Crippen molar-refractivity contribution in [3.8, 4) is 0 Å². The number of hydrogen-bond acceptors (Lipinski definition) is 1. The summed E-state index contributed by atoms with van der Waals surface area (Å²) in [7, 11) is 0.517. The summed E-state index contributed by atoms with van der Waals surface area (Å²) in [5, 5.41) is 0. The molecule has 1 fully saturated rings. The summed E-state index contributed by atoms with van der Waals surface area (Å²) in [5.74, 6) is 0. The summed E-state index contributed by atoms with van der Waals surface area (Å²) in [6, 6.07) is 0. The van der Waals surface area contributed by atoms with Crippen molar-refractivity contribution in [2.24, 2.45) is 0 Å². The van der Waals surface area contributed by atoms with E-state index in [1.165, 1.54) is 25.9 Å². The molecule has 1 heterocycles. The minimum absolute atomic E-state index is 0.517. The highest BCUT2D eigenvalue weighted by molar-refractivity contribution is 7.66. The molecule has 0 aliphatic carbocycles. The monoisotopic (exact) mass is 137 g/mol. The Bertz CT molecular complexity index is 53.7. The topological polar surface area (TPSA) is 3.24 Å². The molecule has 7 heavy (non-hydrogen) atoms. The van der Waals surface area contributed by atoms with Crippen molar-refractivity contribution < 1.29 is 0 Å². The highest BCUT2D eigenvalue weighted by atomic mass is 35.7. The van der Waals surface area contributed by atoms with Crippen molar-refractivity contribution in [1.82, 2.24) is 4.67 Å². The van der Waals surface area contributed by atoms with Crippen LogP contribution in [0.1, 0.15) is 12.8 Å². The molecule has 0 spiro atoms. The zero-order valence-electron chi connectivity index (χ0n) is 4.15. The predicted octanol–water partition coefficient (Wildman–Crippen LogP) is 1.83. The third-order valence-electron chi connectivity index (χ3n) is 1.23. The maximum atomic E-state index is 5.56. The average molecular weight is 138 g/mol. The first-order chi connectivity index (χ1) is 3.43. The molecule has 0 amide bonds. The van der Waals surface area contributed by atoms with Crippen LogP contribution in [0.25, 0.3) is 0 Å². The second-order valence-electron chi connectivity index (χ2n) is 1.78. The van der Waals surface area contributed by atoms with E-state index in [1.54, 1.807) is 0 Å². The number of halogens is 1. The van der Waals surface area contributed by atoms with Gasteiger partial charge in [0.1, 0.15) is 0 Å². The van der Waals surface area contributed by atoms with Crippen LogP contribution >= 0.6 is 19.3 Å². The molecule has 3 heteroatoms. The molecule has 0 N–H and O–H groups in total. The summed E-state index contributed by atoms with van der Waals surface area (Å²) < 4.78 is 2.28. The summed E-state index contributed by atoms with van der Waals surface area (Å²) in [6.07, 6.45) is 2.69. The molecule has 1 rings (SSSR count). The first kappa shape index (κ1) is 5.81. The van der Waals surface area contributed by atoms with E-state index >= 15 is 0 Å². The van der Waals surface area contributed by atoms with Gasteiger partial charge in [-0.1, -0.05) is 11.2 Å². The van der Waals surface area contributed by atoms with Crippen LogP contribution in [-0.2, 0) is 0 Å². The third kappa shape index (κ3) is 1.56. The molecule has 0 radical (unpaired) electrons. The molecule has 0 aromatic carbocycles. The summed E-state index contributed by atoms with van der Waals surface area (Å²) >= 11 is 5.56. The Balaban J connectivity index is 2.14. The molecule has 1 aliphatic heterocycles. The van der Waals surface area contributed by atoms with Crippen molar-refractivity contribution >= 4 is 19.3 Å². The van der Waals surface area contributed by atoms with Gasteiger partial charge in [0.2, 0.25) is 0 Å². The van der Waals surface area contributed by atoms with E-state index < -0.39 is 0 Å². The van der Waals surface area contributed by atoms with Gasteiger partial charge in [0.25, 0.3) is 0 Å². The van der Waals surface area contributed by atoms with Crippen molar-refractivity contribution in [1.29, 1.82) is 0 Å². The Morgan fingerprint density at radius 2 is 1.86 bits per heavy atom. The van der Waals surface area contributed by atoms with Crippen LogP contribution in [0, 0.1) is 0 Å². The minimum atomic E-state index is 0.517. The predicted molar refractivity (Wildman–Crippen MR) is 35.0 cm³/mol. The summed E-state index contributed by atoms with van der Waals surface area (Å²) in [6.45, 7) is 2.45. The lowest BCUT2D eigenvalue weighted by Gasteiger charge is -2.06. The zero-order chi connectivity index (χ0) is 5.11. The van der Waals surface area contributed by atoms with Gasteiger partial charge >= 0.3 is 0 Å². The Morgan fingerprint density at radius 1 is 1.29 bits per heavy atom. The van der Waals surface area contributed by atoms with Gasteiger partial charge in [-0.15, -0.1) is 0 Å². The zero-order valence-corrected chi connectivity index (χ0v) is 5.91. The molecular formula is C4H9ClNP. The molecule has 1 nitrogen and oxygen atoms in total. The summed E-state index contributed by atoms with van der Waals surface area (Å²) in [4.78, 5) is 0. The van der Waals surface area contributed by atoms with E-state index in [-0.39, 0.29) is 0 Å². The largest absolute Gasteiger partial charge is 0.272 e. The van der Waals surface area contributed by atoms with E-state index in [1.807, 2.05) is 0 Å². The Morgan fingerprint density at radius 3 is 2.14 bits per heavy atom. The lowest BCUT2D eigenvalue weighted by molar-refractivity contribution is 0.583. The fraction of sp³-hybridized carbons (Fsp3) is 1.00. The van der Waals surface area contributed by atoms with Gasteiger partial charge in [0, 0.05) is 21.2 Å². The molecular weight excluding hydrogens is 128 g/mol. The van der Waals surface area contributed by atoms with Gasteiger partial charge < -0.3 is 0 Å². The Kier molecular flexibility index (Phi) is 2.37. The molecule has 42 valence electrons. The highest BCUT2D eigenvalue weighted by Gasteiger charge is 2.08. The van der Waals surface area contributed by atoms with E-state index in [9.17, 15) is 0 Å². The number of nitrogens with zero attached hydrogens (tertiary/aromatic N) is 1. The fourth-order valence-electron chi connectivity index (χ4n) is 0.802. The quantitative estimate of drug-likeness (QED) is 0.499. The van der Waals surface area contributed by atoms with E-state index in [0.29, 0.717) is 8.08 Å². The van der Waals surface area contributed by atoms with Crippen molar-refractivity contribution in [3.05, 3.63) is 0 Å². The lowest BCUT2D eigenvalue weighted by Crippen LogP contribution is -2.03. The molecule has 0 aromatic heterocycles. The van der Waals surface area contributed by atoms with E-state index in [4.69, 9.17) is 11.2 Å². The SMILES string of the molecule is ClPN1CCCC1. The lowest BCUT2D eigenvalue weighted by atomic mass is 10.4. The maximum absolute atomic E-state index is 5.56. The third-order valence-corrected chi connectivity index (χ3v) is 2.63. The first-order valence-electron chi connectivity index (χ1n) is 2.55. The van der Waals surface area contributed by atoms with E-state index in [2.05, 4.69) is 4.67 Å². The molecule has 1 saturated heterocycles. The van der Waals surface area contributed by atoms with Crippen LogP contribution in [0.15, 0.2) is 0 Å². The van der Waals surface area contributed by atoms with Crippen LogP contribution < -0.4 is 0 Å². The normalized spacial score (nSPS) is 25.3. The van der Waals surface area contributed by atoms with Gasteiger partial charge in [0.15, 0.2) is 0 Å². The molecule has 1 atom stereocenters. The molecule has 1 aliphatic rings. The molecule has 0 bridgehead atoms. The Labute approximate surface area is 50.7 Å². The van der Waals surface area contributed by atoms with Crippen molar-refractivity contribution in [3.63, 3.8) is 0 Å². The second-order valence-corrected chi connectivity index (χ2v) is 3.09. The van der Waals surface area contributed by atoms with Gasteiger partial charge in [-0.3, -0.25) is 4.67 Å². The van der Waals surface area contributed by atoms with Crippen LogP contribution in [-0.4, -0.2) is 17.8 Å². The molecule has 0 aromatic rings. The van der Waals surface area contributed by atoms with Gasteiger partial charge in [-0.2, -0.15) is 0 Å². The smallest absolute Gasteiger partial charge is 0.0478 e. The van der Waals surface area contributed by atoms with Gasteiger partial charge in [-0.05, 0) is 12.8 Å². The van der Waals surface area contributed by atoms with E-state index in [0.717, 1.165) is 0 Å². The summed E-state index contributed by atoms with van der Waals surface area (Å²) in [5.41, 5.74) is 0. The molecule has 1 unspecified atom stereocenters. The number of rotatable bonds is 1.